The van der Waals surface area contributed by atoms with E-state index in [9.17, 15) is 0 Å². The summed E-state index contributed by atoms with van der Waals surface area (Å²) >= 11 is 1.45. The normalized spacial score (nSPS) is 10.4. The lowest BCUT2D eigenvalue weighted by Crippen LogP contribution is -2.03. The molecule has 0 atom stereocenters. The number of nitrogens with zero attached hydrogens (tertiary/aromatic N) is 2. The molecule has 5 nitrogen and oxygen atoms in total. The highest BCUT2D eigenvalue weighted by Gasteiger charge is 2.08. The number of para-hydroxylation sites is 1. The molecule has 0 radical (unpaired) electrons. The molecule has 3 rings (SSSR count). The number of hydrogen-bond acceptors (Lipinski definition) is 6. The Morgan fingerprint density at radius 2 is 1.54 bits per heavy atom. The highest BCUT2D eigenvalue weighted by molar-refractivity contribution is 7.98. The predicted octanol–water partition coefficient (Wildman–Crippen LogP) is 4.24. The van der Waals surface area contributed by atoms with Crippen LogP contribution < -0.4 is 15.2 Å². The van der Waals surface area contributed by atoms with Crippen LogP contribution in [-0.4, -0.2) is 16.2 Å². The largest absolute Gasteiger partial charge is 0.457 e. The van der Waals surface area contributed by atoms with Crippen molar-refractivity contribution in [2.45, 2.75) is 11.7 Å². The molecule has 2 N–H and O–H groups in total. The van der Waals surface area contributed by atoms with Crippen molar-refractivity contribution in [3.8, 4) is 23.1 Å². The Morgan fingerprint density at radius 1 is 0.917 bits per heavy atom. The number of nitrogens with two attached hydrogens (primary N) is 1. The Morgan fingerprint density at radius 3 is 2.17 bits per heavy atom. The molecule has 2 aromatic carbocycles. The van der Waals surface area contributed by atoms with Crippen LogP contribution in [-0.2, 0) is 6.54 Å². The smallest absolute Gasteiger partial charge is 0.227 e. The van der Waals surface area contributed by atoms with E-state index >= 15 is 0 Å². The van der Waals surface area contributed by atoms with E-state index in [-0.39, 0.29) is 0 Å². The van der Waals surface area contributed by atoms with Crippen LogP contribution in [0.2, 0.25) is 0 Å². The quantitative estimate of drug-likeness (QED) is 0.535. The highest BCUT2D eigenvalue weighted by Crippen LogP contribution is 2.28. The maximum atomic E-state index is 5.85. The number of ether oxygens (including phenoxy) is 2. The number of aromatic nitrogens is 2. The fraction of sp³-hybridized carbons (Fsp3) is 0.111. The minimum Gasteiger partial charge on any atom is -0.457 e. The lowest BCUT2D eigenvalue weighted by molar-refractivity contribution is 0.444. The second kappa shape index (κ2) is 7.81. The topological polar surface area (TPSA) is 70.3 Å². The average Bonchev–Trinajstić information content (AvgIpc) is 2.64. The van der Waals surface area contributed by atoms with E-state index in [0.717, 1.165) is 17.1 Å². The van der Waals surface area contributed by atoms with Gasteiger partial charge in [0.25, 0.3) is 0 Å². The molecule has 122 valence electrons. The maximum Gasteiger partial charge on any atom is 0.227 e. The molecule has 0 fully saturated rings. The Hall–Kier alpha value is -2.57. The summed E-state index contributed by atoms with van der Waals surface area (Å²) in [6.07, 6.45) is 3.61. The van der Waals surface area contributed by atoms with Crippen molar-refractivity contribution in [1.82, 2.24) is 9.97 Å². The van der Waals surface area contributed by atoms with Gasteiger partial charge in [0.1, 0.15) is 17.2 Å². The van der Waals surface area contributed by atoms with Crippen LogP contribution in [0.25, 0.3) is 0 Å². The molecule has 0 amide bonds. The third-order valence-electron chi connectivity index (χ3n) is 3.22. The molecule has 1 aromatic heterocycles. The Balaban J connectivity index is 1.74. The second-order valence-corrected chi connectivity index (χ2v) is 5.65. The van der Waals surface area contributed by atoms with Crippen molar-refractivity contribution in [1.29, 1.82) is 0 Å². The molecule has 0 spiro atoms. The van der Waals surface area contributed by atoms with Crippen LogP contribution in [0.1, 0.15) is 5.56 Å². The first-order chi connectivity index (χ1) is 11.8. The van der Waals surface area contributed by atoms with Gasteiger partial charge in [0.15, 0.2) is 5.16 Å². The van der Waals surface area contributed by atoms with Gasteiger partial charge in [-0.15, -0.1) is 0 Å². The number of hydrogen-bond donors (Lipinski definition) is 1. The summed E-state index contributed by atoms with van der Waals surface area (Å²) in [5.74, 6) is 2.67. The third kappa shape index (κ3) is 4.04. The van der Waals surface area contributed by atoms with Gasteiger partial charge >= 0.3 is 0 Å². The fourth-order valence-electron chi connectivity index (χ4n) is 2.01. The molecular weight excluding hydrogens is 322 g/mol. The first-order valence-corrected chi connectivity index (χ1v) is 8.62. The summed E-state index contributed by atoms with van der Waals surface area (Å²) < 4.78 is 11.6. The lowest BCUT2D eigenvalue weighted by atomic mass is 10.3. The Bertz CT molecular complexity index is 795. The van der Waals surface area contributed by atoms with Crippen molar-refractivity contribution in [2.24, 2.45) is 5.73 Å². The SMILES string of the molecule is CSc1ncc(CN)c(Oc2ccc(Oc3ccccc3)cc2)n1. The first kappa shape index (κ1) is 16.3. The molecule has 0 unspecified atom stereocenters. The van der Waals surface area contributed by atoms with Crippen LogP contribution in [0.5, 0.6) is 23.1 Å². The van der Waals surface area contributed by atoms with Gasteiger partial charge in [0.2, 0.25) is 5.88 Å². The highest BCUT2D eigenvalue weighted by atomic mass is 32.2. The van der Waals surface area contributed by atoms with E-state index < -0.39 is 0 Å². The van der Waals surface area contributed by atoms with Crippen LogP contribution in [0, 0.1) is 0 Å². The summed E-state index contributed by atoms with van der Waals surface area (Å²) in [6, 6.07) is 17.0. The molecule has 1 heterocycles. The molecule has 0 aliphatic carbocycles. The molecule has 6 heteroatoms. The molecule has 0 saturated heterocycles. The first-order valence-electron chi connectivity index (χ1n) is 7.39. The second-order valence-electron chi connectivity index (χ2n) is 4.88. The molecular formula is C18H17N3O2S. The number of benzene rings is 2. The molecule has 0 bridgehead atoms. The van der Waals surface area contributed by atoms with Gasteiger partial charge in [-0.2, -0.15) is 4.98 Å². The zero-order chi connectivity index (χ0) is 16.8. The van der Waals surface area contributed by atoms with E-state index in [4.69, 9.17) is 15.2 Å². The van der Waals surface area contributed by atoms with Crippen LogP contribution in [0.15, 0.2) is 66.0 Å². The summed E-state index contributed by atoms with van der Waals surface area (Å²) in [4.78, 5) is 8.57. The van der Waals surface area contributed by atoms with Crippen LogP contribution >= 0.6 is 11.8 Å². The summed E-state index contributed by atoms with van der Waals surface area (Å²) in [5, 5.41) is 0.645. The summed E-state index contributed by atoms with van der Waals surface area (Å²) in [6.45, 7) is 0.319. The molecule has 0 saturated carbocycles. The van der Waals surface area contributed by atoms with Crippen molar-refractivity contribution < 1.29 is 9.47 Å². The maximum absolute atomic E-state index is 5.85. The Kier molecular flexibility index (Phi) is 5.30. The van der Waals surface area contributed by atoms with Gasteiger partial charge < -0.3 is 15.2 Å². The van der Waals surface area contributed by atoms with E-state index in [2.05, 4.69) is 9.97 Å². The van der Waals surface area contributed by atoms with E-state index in [1.54, 1.807) is 6.20 Å². The minimum atomic E-state index is 0.319. The minimum absolute atomic E-state index is 0.319. The van der Waals surface area contributed by atoms with Gasteiger partial charge in [0, 0.05) is 18.3 Å². The monoisotopic (exact) mass is 339 g/mol. The van der Waals surface area contributed by atoms with E-state index in [0.29, 0.717) is 23.3 Å². The molecule has 0 aliphatic heterocycles. The third-order valence-corrected chi connectivity index (χ3v) is 3.78. The Labute approximate surface area is 144 Å². The van der Waals surface area contributed by atoms with Gasteiger partial charge in [-0.25, -0.2) is 4.98 Å². The fourth-order valence-corrected chi connectivity index (χ4v) is 2.35. The van der Waals surface area contributed by atoms with Crippen molar-refractivity contribution >= 4 is 11.8 Å². The number of rotatable bonds is 6. The van der Waals surface area contributed by atoms with Crippen LogP contribution in [0.4, 0.5) is 0 Å². The van der Waals surface area contributed by atoms with Gasteiger partial charge in [-0.1, -0.05) is 30.0 Å². The van der Waals surface area contributed by atoms with E-state index in [1.165, 1.54) is 11.8 Å². The van der Waals surface area contributed by atoms with Crippen LogP contribution in [0.3, 0.4) is 0 Å². The molecule has 24 heavy (non-hydrogen) atoms. The van der Waals surface area contributed by atoms with Gasteiger partial charge in [-0.3, -0.25) is 0 Å². The molecule has 3 aromatic rings. The van der Waals surface area contributed by atoms with Gasteiger partial charge in [-0.05, 0) is 42.7 Å². The van der Waals surface area contributed by atoms with Crippen molar-refractivity contribution in [3.63, 3.8) is 0 Å². The van der Waals surface area contributed by atoms with Gasteiger partial charge in [0.05, 0.1) is 0 Å². The summed E-state index contributed by atoms with van der Waals surface area (Å²) in [5.41, 5.74) is 6.48. The van der Waals surface area contributed by atoms with Crippen molar-refractivity contribution in [2.75, 3.05) is 6.26 Å². The zero-order valence-corrected chi connectivity index (χ0v) is 14.0. The predicted molar refractivity (Wildman–Crippen MR) is 94.7 cm³/mol. The average molecular weight is 339 g/mol. The molecule has 0 aliphatic rings. The number of thioether (sulfide) groups is 1. The summed E-state index contributed by atoms with van der Waals surface area (Å²) in [7, 11) is 0. The van der Waals surface area contributed by atoms with Crippen molar-refractivity contribution in [3.05, 3.63) is 66.4 Å². The lowest BCUT2D eigenvalue weighted by Gasteiger charge is -2.10. The van der Waals surface area contributed by atoms with E-state index in [1.807, 2.05) is 60.9 Å². The zero-order valence-electron chi connectivity index (χ0n) is 13.2. The standard InChI is InChI=1S/C18H17N3O2S/c1-24-18-20-12-13(11-19)17(21-18)23-16-9-7-15(8-10-16)22-14-5-3-2-4-6-14/h2-10,12H,11,19H2,1H3.